The first kappa shape index (κ1) is 20.6. The van der Waals surface area contributed by atoms with E-state index in [0.29, 0.717) is 27.9 Å². The van der Waals surface area contributed by atoms with Crippen molar-refractivity contribution >= 4 is 34.9 Å². The molecule has 0 bridgehead atoms. The second kappa shape index (κ2) is 9.83. The number of urea groups is 1. The van der Waals surface area contributed by atoms with Crippen molar-refractivity contribution in [2.75, 3.05) is 10.6 Å². The molecule has 0 aliphatic rings. The molecular weight excluding hydrogens is 366 g/mol. The molecule has 0 fully saturated rings. The molecule has 2 aromatic carbocycles. The molecule has 7 heteroatoms. The number of ether oxygens (including phenoxy) is 1. The maximum Gasteiger partial charge on any atom is 0.319 e. The standard InChI is InChI=1S/C20H24ClN3O3/c1-4-14(5-2)23-20(26)24-16-8-11-19(18(21)12-16)27-17-9-6-15(7-10-17)22-13(3)25/h6-12,14H,4-5H2,1-3H3,(H,22,25)(H2,23,24,26). The minimum atomic E-state index is -0.262. The highest BCUT2D eigenvalue weighted by Crippen LogP contribution is 2.32. The summed E-state index contributed by atoms with van der Waals surface area (Å²) in [4.78, 5) is 23.1. The lowest BCUT2D eigenvalue weighted by Crippen LogP contribution is -2.37. The van der Waals surface area contributed by atoms with Gasteiger partial charge in [0.1, 0.15) is 11.5 Å². The Morgan fingerprint density at radius 1 is 1.00 bits per heavy atom. The van der Waals surface area contributed by atoms with E-state index < -0.39 is 0 Å². The molecular formula is C20H24ClN3O3. The van der Waals surface area contributed by atoms with Gasteiger partial charge in [0.05, 0.1) is 5.02 Å². The summed E-state index contributed by atoms with van der Waals surface area (Å²) >= 11 is 6.27. The number of carbonyl (C=O) groups is 2. The van der Waals surface area contributed by atoms with E-state index >= 15 is 0 Å². The topological polar surface area (TPSA) is 79.5 Å². The highest BCUT2D eigenvalue weighted by Gasteiger charge is 2.10. The number of benzene rings is 2. The summed E-state index contributed by atoms with van der Waals surface area (Å²) in [6.07, 6.45) is 1.75. The number of hydrogen-bond acceptors (Lipinski definition) is 3. The third-order valence-electron chi connectivity index (χ3n) is 3.91. The maximum atomic E-state index is 12.0. The molecule has 0 aromatic heterocycles. The van der Waals surface area contributed by atoms with Gasteiger partial charge in [0.15, 0.2) is 0 Å². The summed E-state index contributed by atoms with van der Waals surface area (Å²) in [7, 11) is 0. The zero-order valence-corrected chi connectivity index (χ0v) is 16.4. The highest BCUT2D eigenvalue weighted by molar-refractivity contribution is 6.32. The van der Waals surface area contributed by atoms with Gasteiger partial charge in [-0.1, -0.05) is 25.4 Å². The molecule has 0 heterocycles. The van der Waals surface area contributed by atoms with Crippen LogP contribution in [0.4, 0.5) is 16.2 Å². The van der Waals surface area contributed by atoms with Gasteiger partial charge in [-0.25, -0.2) is 4.79 Å². The molecule has 0 unspecified atom stereocenters. The van der Waals surface area contributed by atoms with Gasteiger partial charge < -0.3 is 20.7 Å². The molecule has 2 rings (SSSR count). The fourth-order valence-corrected chi connectivity index (χ4v) is 2.66. The summed E-state index contributed by atoms with van der Waals surface area (Å²) in [6.45, 7) is 5.50. The van der Waals surface area contributed by atoms with Gasteiger partial charge in [0, 0.05) is 24.3 Å². The van der Waals surface area contributed by atoms with Crippen LogP contribution >= 0.6 is 11.6 Å². The Hall–Kier alpha value is -2.73. The first-order valence-corrected chi connectivity index (χ1v) is 9.21. The summed E-state index contributed by atoms with van der Waals surface area (Å²) in [6, 6.07) is 11.9. The predicted octanol–water partition coefficient (Wildman–Crippen LogP) is 5.40. The first-order valence-electron chi connectivity index (χ1n) is 8.83. The number of hydrogen-bond donors (Lipinski definition) is 3. The first-order chi connectivity index (χ1) is 12.9. The van der Waals surface area contributed by atoms with Crippen molar-refractivity contribution in [1.29, 1.82) is 0 Å². The Morgan fingerprint density at radius 2 is 1.63 bits per heavy atom. The van der Waals surface area contributed by atoms with E-state index in [1.807, 2.05) is 13.8 Å². The molecule has 0 aliphatic carbocycles. The van der Waals surface area contributed by atoms with Gasteiger partial charge in [-0.3, -0.25) is 4.79 Å². The molecule has 3 N–H and O–H groups in total. The zero-order valence-electron chi connectivity index (χ0n) is 15.6. The zero-order chi connectivity index (χ0) is 19.8. The van der Waals surface area contributed by atoms with Crippen LogP contribution in [0.5, 0.6) is 11.5 Å². The fraction of sp³-hybridized carbons (Fsp3) is 0.300. The Labute approximate surface area is 164 Å². The van der Waals surface area contributed by atoms with Crippen LogP contribution in [-0.4, -0.2) is 18.0 Å². The molecule has 2 aromatic rings. The van der Waals surface area contributed by atoms with Gasteiger partial charge in [0.25, 0.3) is 0 Å². The second-order valence-electron chi connectivity index (χ2n) is 6.06. The summed E-state index contributed by atoms with van der Waals surface area (Å²) in [5.74, 6) is 0.913. The van der Waals surface area contributed by atoms with E-state index in [1.165, 1.54) is 6.92 Å². The van der Waals surface area contributed by atoms with Crippen LogP contribution in [0.3, 0.4) is 0 Å². The second-order valence-corrected chi connectivity index (χ2v) is 6.47. The Kier molecular flexibility index (Phi) is 7.49. The average Bonchev–Trinajstić information content (AvgIpc) is 2.63. The van der Waals surface area contributed by atoms with E-state index in [0.717, 1.165) is 12.8 Å². The minimum absolute atomic E-state index is 0.136. The SMILES string of the molecule is CCC(CC)NC(=O)Nc1ccc(Oc2ccc(NC(C)=O)cc2)c(Cl)c1. The number of rotatable bonds is 7. The summed E-state index contributed by atoms with van der Waals surface area (Å²) < 4.78 is 5.76. The number of halogens is 1. The third kappa shape index (κ3) is 6.49. The number of amides is 3. The van der Waals surface area contributed by atoms with Crippen molar-refractivity contribution in [3.05, 3.63) is 47.5 Å². The molecule has 0 saturated heterocycles. The van der Waals surface area contributed by atoms with E-state index in [9.17, 15) is 9.59 Å². The Bertz CT molecular complexity index is 790. The molecule has 6 nitrogen and oxygen atoms in total. The monoisotopic (exact) mass is 389 g/mol. The highest BCUT2D eigenvalue weighted by atomic mass is 35.5. The van der Waals surface area contributed by atoms with Crippen LogP contribution in [0, 0.1) is 0 Å². The lowest BCUT2D eigenvalue weighted by Gasteiger charge is -2.16. The van der Waals surface area contributed by atoms with E-state index in [1.54, 1.807) is 42.5 Å². The van der Waals surface area contributed by atoms with Crippen molar-refractivity contribution in [2.45, 2.75) is 39.7 Å². The van der Waals surface area contributed by atoms with Crippen LogP contribution in [-0.2, 0) is 4.79 Å². The average molecular weight is 390 g/mol. The molecule has 0 radical (unpaired) electrons. The number of carbonyl (C=O) groups excluding carboxylic acids is 2. The number of nitrogens with one attached hydrogen (secondary N) is 3. The molecule has 0 atom stereocenters. The van der Waals surface area contributed by atoms with E-state index in [2.05, 4.69) is 16.0 Å². The predicted molar refractivity (Wildman–Crippen MR) is 109 cm³/mol. The van der Waals surface area contributed by atoms with E-state index in [4.69, 9.17) is 16.3 Å². The van der Waals surface area contributed by atoms with Gasteiger partial charge in [-0.2, -0.15) is 0 Å². The van der Waals surface area contributed by atoms with Gasteiger partial charge in [-0.05, 0) is 55.3 Å². The summed E-state index contributed by atoms with van der Waals surface area (Å²) in [5, 5.41) is 8.74. The number of anilines is 2. The van der Waals surface area contributed by atoms with Gasteiger partial charge >= 0.3 is 6.03 Å². The molecule has 0 aliphatic heterocycles. The molecule has 0 saturated carbocycles. The summed E-state index contributed by atoms with van der Waals surface area (Å²) in [5.41, 5.74) is 1.26. The lowest BCUT2D eigenvalue weighted by molar-refractivity contribution is -0.114. The third-order valence-corrected chi connectivity index (χ3v) is 4.21. The maximum absolute atomic E-state index is 12.0. The van der Waals surface area contributed by atoms with Crippen LogP contribution in [0.25, 0.3) is 0 Å². The van der Waals surface area contributed by atoms with Crippen molar-refractivity contribution < 1.29 is 14.3 Å². The molecule has 3 amide bonds. The Morgan fingerprint density at radius 3 is 2.19 bits per heavy atom. The van der Waals surface area contributed by atoms with Crippen LogP contribution in [0.2, 0.25) is 5.02 Å². The van der Waals surface area contributed by atoms with Crippen LogP contribution in [0.1, 0.15) is 33.6 Å². The van der Waals surface area contributed by atoms with Gasteiger partial charge in [0.2, 0.25) is 5.91 Å². The van der Waals surface area contributed by atoms with Crippen LogP contribution in [0.15, 0.2) is 42.5 Å². The molecule has 27 heavy (non-hydrogen) atoms. The van der Waals surface area contributed by atoms with Crippen molar-refractivity contribution in [3.63, 3.8) is 0 Å². The fourth-order valence-electron chi connectivity index (χ4n) is 2.44. The van der Waals surface area contributed by atoms with E-state index in [-0.39, 0.29) is 18.0 Å². The Balaban J connectivity index is 1.99. The van der Waals surface area contributed by atoms with Crippen molar-refractivity contribution in [2.24, 2.45) is 0 Å². The minimum Gasteiger partial charge on any atom is -0.456 e. The quantitative estimate of drug-likeness (QED) is 0.593. The van der Waals surface area contributed by atoms with Crippen molar-refractivity contribution in [3.8, 4) is 11.5 Å². The smallest absolute Gasteiger partial charge is 0.319 e. The normalized spacial score (nSPS) is 10.4. The molecule has 144 valence electrons. The van der Waals surface area contributed by atoms with Crippen LogP contribution < -0.4 is 20.7 Å². The largest absolute Gasteiger partial charge is 0.456 e. The van der Waals surface area contributed by atoms with Gasteiger partial charge in [-0.15, -0.1) is 0 Å². The van der Waals surface area contributed by atoms with Crippen molar-refractivity contribution in [1.82, 2.24) is 5.32 Å². The molecule has 0 spiro atoms. The lowest BCUT2D eigenvalue weighted by atomic mass is 10.2.